The molecule has 0 atom stereocenters. The summed E-state index contributed by atoms with van der Waals surface area (Å²) in [7, 11) is 0. The minimum Gasteiger partial charge on any atom is -0.473 e. The maximum Gasteiger partial charge on any atom is 0.233 e. The third-order valence-electron chi connectivity index (χ3n) is 2.55. The van der Waals surface area contributed by atoms with Gasteiger partial charge >= 0.3 is 0 Å². The van der Waals surface area contributed by atoms with E-state index in [0.717, 1.165) is 25.7 Å². The lowest BCUT2D eigenvalue weighted by molar-refractivity contribution is 0.140. The van der Waals surface area contributed by atoms with E-state index in [2.05, 4.69) is 10.2 Å². The van der Waals surface area contributed by atoms with Crippen LogP contribution in [0.25, 0.3) is 0 Å². The molecule has 0 aromatic carbocycles. The van der Waals surface area contributed by atoms with Crippen LogP contribution in [-0.2, 0) is 0 Å². The molecule has 14 heavy (non-hydrogen) atoms. The number of nitrogens with two attached hydrogens (primary N) is 1. The molecule has 1 fully saturated rings. The Kier molecular flexibility index (Phi) is 2.93. The summed E-state index contributed by atoms with van der Waals surface area (Å²) in [5.74, 6) is 0.618. The van der Waals surface area contributed by atoms with Gasteiger partial charge in [-0.3, -0.25) is 0 Å². The van der Waals surface area contributed by atoms with Crippen LogP contribution in [0.2, 0.25) is 0 Å². The molecule has 0 bridgehead atoms. The first-order valence-corrected chi connectivity index (χ1v) is 5.04. The molecular weight excluding hydrogens is 178 g/mol. The molecule has 1 heterocycles. The Balaban J connectivity index is 1.87. The zero-order valence-corrected chi connectivity index (χ0v) is 8.10. The van der Waals surface area contributed by atoms with E-state index >= 15 is 0 Å². The summed E-state index contributed by atoms with van der Waals surface area (Å²) in [6.45, 7) is 0. The highest BCUT2D eigenvalue weighted by molar-refractivity contribution is 5.06. The number of nitrogens with zero attached hydrogens (tertiary/aromatic N) is 2. The number of aromatic nitrogens is 2. The molecular formula is C10H15N3O. The molecule has 0 spiro atoms. The van der Waals surface area contributed by atoms with Gasteiger partial charge in [0, 0.05) is 18.3 Å². The second kappa shape index (κ2) is 4.37. The third kappa shape index (κ3) is 2.42. The van der Waals surface area contributed by atoms with E-state index in [1.807, 2.05) is 12.1 Å². The zero-order valence-electron chi connectivity index (χ0n) is 8.10. The Bertz CT molecular complexity index is 270. The van der Waals surface area contributed by atoms with Gasteiger partial charge in [-0.15, -0.1) is 5.10 Å². The first-order valence-electron chi connectivity index (χ1n) is 5.04. The molecule has 1 aliphatic carbocycles. The topological polar surface area (TPSA) is 61.0 Å². The summed E-state index contributed by atoms with van der Waals surface area (Å²) in [6.07, 6.45) is 6.06. The van der Waals surface area contributed by atoms with Gasteiger partial charge in [-0.2, -0.15) is 5.10 Å². The molecule has 2 rings (SSSR count). The Morgan fingerprint density at radius 2 is 2.07 bits per heavy atom. The molecule has 2 N–H and O–H groups in total. The van der Waals surface area contributed by atoms with Crippen molar-refractivity contribution in [3.05, 3.63) is 18.3 Å². The van der Waals surface area contributed by atoms with Crippen molar-refractivity contribution in [3.63, 3.8) is 0 Å². The summed E-state index contributed by atoms with van der Waals surface area (Å²) < 4.78 is 5.67. The van der Waals surface area contributed by atoms with E-state index in [1.54, 1.807) is 6.20 Å². The van der Waals surface area contributed by atoms with Gasteiger partial charge in [-0.05, 0) is 31.7 Å². The van der Waals surface area contributed by atoms with Crippen LogP contribution in [0.1, 0.15) is 25.7 Å². The summed E-state index contributed by atoms with van der Waals surface area (Å²) in [6, 6.07) is 4.02. The zero-order chi connectivity index (χ0) is 9.80. The predicted octanol–water partition coefficient (Wildman–Crippen LogP) is 1.13. The molecule has 76 valence electrons. The van der Waals surface area contributed by atoms with Crippen molar-refractivity contribution >= 4 is 0 Å². The van der Waals surface area contributed by atoms with Crippen LogP contribution < -0.4 is 10.5 Å². The third-order valence-corrected chi connectivity index (χ3v) is 2.55. The van der Waals surface area contributed by atoms with Gasteiger partial charge in [-0.25, -0.2) is 0 Å². The van der Waals surface area contributed by atoms with Crippen LogP contribution in [0.15, 0.2) is 18.3 Å². The van der Waals surface area contributed by atoms with Crippen molar-refractivity contribution in [2.24, 2.45) is 5.73 Å². The second-order valence-corrected chi connectivity index (χ2v) is 3.72. The lowest BCUT2D eigenvalue weighted by Crippen LogP contribution is -2.31. The van der Waals surface area contributed by atoms with Gasteiger partial charge in [0.25, 0.3) is 0 Å². The maximum atomic E-state index is 5.81. The van der Waals surface area contributed by atoms with Crippen LogP contribution >= 0.6 is 0 Å². The molecule has 0 aliphatic heterocycles. The van der Waals surface area contributed by atoms with E-state index in [-0.39, 0.29) is 6.10 Å². The highest BCUT2D eigenvalue weighted by Gasteiger charge is 2.19. The Hall–Kier alpha value is -1.16. The molecule has 0 unspecified atom stereocenters. The van der Waals surface area contributed by atoms with Crippen molar-refractivity contribution in [2.75, 3.05) is 0 Å². The lowest BCUT2D eigenvalue weighted by atomic mass is 9.94. The molecule has 1 aliphatic rings. The van der Waals surface area contributed by atoms with Gasteiger partial charge in [0.2, 0.25) is 5.88 Å². The average Bonchev–Trinajstić information content (AvgIpc) is 2.23. The normalized spacial score (nSPS) is 27.2. The van der Waals surface area contributed by atoms with Crippen LogP contribution in [0.3, 0.4) is 0 Å². The van der Waals surface area contributed by atoms with Gasteiger partial charge in [0.05, 0.1) is 0 Å². The molecule has 0 radical (unpaired) electrons. The van der Waals surface area contributed by atoms with Crippen LogP contribution in [-0.4, -0.2) is 22.3 Å². The Morgan fingerprint density at radius 1 is 1.29 bits per heavy atom. The molecule has 4 heteroatoms. The SMILES string of the molecule is NC1CCC(Oc2cccnn2)CC1. The smallest absolute Gasteiger partial charge is 0.233 e. The highest BCUT2D eigenvalue weighted by atomic mass is 16.5. The van der Waals surface area contributed by atoms with E-state index in [4.69, 9.17) is 10.5 Å². The van der Waals surface area contributed by atoms with E-state index in [1.165, 1.54) is 0 Å². The standard InChI is InChI=1S/C10H15N3O/c11-8-3-5-9(6-4-8)14-10-2-1-7-12-13-10/h1-2,7-9H,3-6,11H2. The Labute approximate surface area is 83.5 Å². The number of ether oxygens (including phenoxy) is 1. The predicted molar refractivity (Wildman–Crippen MR) is 52.9 cm³/mol. The maximum absolute atomic E-state index is 5.81. The summed E-state index contributed by atoms with van der Waals surface area (Å²) in [5, 5.41) is 7.65. The van der Waals surface area contributed by atoms with Gasteiger partial charge in [0.1, 0.15) is 6.10 Å². The Morgan fingerprint density at radius 3 is 2.71 bits per heavy atom. The molecule has 1 aromatic rings. The molecule has 1 saturated carbocycles. The van der Waals surface area contributed by atoms with E-state index in [9.17, 15) is 0 Å². The first-order chi connectivity index (χ1) is 6.84. The quantitative estimate of drug-likeness (QED) is 0.764. The van der Waals surface area contributed by atoms with Crippen molar-refractivity contribution in [3.8, 4) is 5.88 Å². The van der Waals surface area contributed by atoms with Crippen LogP contribution in [0.4, 0.5) is 0 Å². The monoisotopic (exact) mass is 193 g/mol. The van der Waals surface area contributed by atoms with Crippen molar-refractivity contribution < 1.29 is 4.74 Å². The summed E-state index contributed by atoms with van der Waals surface area (Å²) in [4.78, 5) is 0. The minimum atomic E-state index is 0.270. The van der Waals surface area contributed by atoms with E-state index in [0.29, 0.717) is 11.9 Å². The van der Waals surface area contributed by atoms with Gasteiger partial charge in [0.15, 0.2) is 0 Å². The number of hydrogen-bond acceptors (Lipinski definition) is 4. The van der Waals surface area contributed by atoms with Crippen LogP contribution in [0.5, 0.6) is 5.88 Å². The summed E-state index contributed by atoms with van der Waals surface area (Å²) >= 11 is 0. The first kappa shape index (κ1) is 9.40. The van der Waals surface area contributed by atoms with Crippen molar-refractivity contribution in [2.45, 2.75) is 37.8 Å². The van der Waals surface area contributed by atoms with Crippen molar-refractivity contribution in [1.82, 2.24) is 10.2 Å². The fraction of sp³-hybridized carbons (Fsp3) is 0.600. The fourth-order valence-electron chi connectivity index (χ4n) is 1.73. The molecule has 0 amide bonds. The molecule has 0 saturated heterocycles. The van der Waals surface area contributed by atoms with Gasteiger partial charge in [-0.1, -0.05) is 0 Å². The van der Waals surface area contributed by atoms with Gasteiger partial charge < -0.3 is 10.5 Å². The average molecular weight is 193 g/mol. The summed E-state index contributed by atoms with van der Waals surface area (Å²) in [5.41, 5.74) is 5.81. The minimum absolute atomic E-state index is 0.270. The number of rotatable bonds is 2. The molecule has 1 aromatic heterocycles. The highest BCUT2D eigenvalue weighted by Crippen LogP contribution is 2.21. The molecule has 4 nitrogen and oxygen atoms in total. The number of hydrogen-bond donors (Lipinski definition) is 1. The van der Waals surface area contributed by atoms with Crippen LogP contribution in [0, 0.1) is 0 Å². The second-order valence-electron chi connectivity index (χ2n) is 3.72. The van der Waals surface area contributed by atoms with Crippen molar-refractivity contribution in [1.29, 1.82) is 0 Å². The fourth-order valence-corrected chi connectivity index (χ4v) is 1.73. The van der Waals surface area contributed by atoms with E-state index < -0.39 is 0 Å². The lowest BCUT2D eigenvalue weighted by Gasteiger charge is -2.25. The largest absolute Gasteiger partial charge is 0.473 e.